The van der Waals surface area contributed by atoms with Crippen LogP contribution in [0.25, 0.3) is 71.7 Å². The van der Waals surface area contributed by atoms with E-state index in [-0.39, 0.29) is 0 Å². The Morgan fingerprint density at radius 1 is 0.364 bits per heavy atom. The molecular weight excluding hydrogens is 999 g/mol. The molecule has 13 aromatic rings. The van der Waals surface area contributed by atoms with E-state index in [1.165, 1.54) is 88.4 Å². The van der Waals surface area contributed by atoms with Crippen LogP contribution in [0.2, 0.25) is 0 Å². The molecule has 0 unspecified atom stereocenters. The van der Waals surface area contributed by atoms with Crippen LogP contribution >= 0.6 is 15.9 Å². The quantitative estimate of drug-likeness (QED) is 0.131. The second-order valence-electron chi connectivity index (χ2n) is 18.9. The zero-order valence-electron chi connectivity index (χ0n) is 42.4. The summed E-state index contributed by atoms with van der Waals surface area (Å²) in [5.41, 5.74) is 18.1. The number of fused-ring (bicyclic) bond motifs is 6. The first kappa shape index (κ1) is 48.4. The van der Waals surface area contributed by atoms with Crippen molar-refractivity contribution in [3.8, 4) is 22.5 Å². The molecule has 1 aliphatic carbocycles. The highest BCUT2D eigenvalue weighted by atomic mass is 79.9. The summed E-state index contributed by atoms with van der Waals surface area (Å²) in [7, 11) is 0. The number of halogens is 1. The summed E-state index contributed by atoms with van der Waals surface area (Å²) in [6, 6.07) is 103. The number of anilines is 3. The minimum Gasteiger partial charge on any atom is -0.310 e. The molecule has 0 aliphatic heterocycles. The molecule has 0 fully saturated rings. The van der Waals surface area contributed by atoms with Gasteiger partial charge in [0.2, 0.25) is 0 Å². The first-order chi connectivity index (χ1) is 38.2. The molecular formula is C73H53BrN3+. The van der Waals surface area contributed by atoms with Crippen LogP contribution < -0.4 is 4.90 Å². The van der Waals surface area contributed by atoms with Crippen molar-refractivity contribution in [2.45, 2.75) is 6.42 Å². The van der Waals surface area contributed by atoms with Crippen molar-refractivity contribution >= 4 is 82.2 Å². The topological polar surface area (TPSA) is 13.1 Å². The van der Waals surface area contributed by atoms with E-state index in [0.717, 1.165) is 28.0 Å². The maximum absolute atomic E-state index is 3.66. The summed E-state index contributed by atoms with van der Waals surface area (Å²) in [4.78, 5) is 2.34. The van der Waals surface area contributed by atoms with Crippen molar-refractivity contribution in [3.05, 3.63) is 337 Å². The molecule has 0 saturated carbocycles. The smallest absolute Gasteiger partial charge is 0.137 e. The van der Waals surface area contributed by atoms with Gasteiger partial charge < -0.3 is 14.0 Å². The van der Waals surface area contributed by atoms with Gasteiger partial charge in [-0.1, -0.05) is 212 Å². The maximum atomic E-state index is 3.66. The summed E-state index contributed by atoms with van der Waals surface area (Å²) in [6.07, 6.45) is 10.2. The van der Waals surface area contributed by atoms with Crippen LogP contribution in [0.3, 0.4) is 0 Å². The van der Waals surface area contributed by atoms with Gasteiger partial charge in [-0.25, -0.2) is 0 Å². The van der Waals surface area contributed by atoms with Gasteiger partial charge in [0.15, 0.2) is 0 Å². The molecule has 2 aromatic heterocycles. The summed E-state index contributed by atoms with van der Waals surface area (Å²) in [5, 5.41) is 5.07. The standard InChI is InChI=1S/C36H26N2.C24H15BrN.C13H12/c1-4-14-28(15-5-1)37(29-16-6-2-7-17-29)34-22-12-10-20-31(34)27-24-25-33-32-21-11-13-23-35(32)38(36(33)26-27)30-18-8-3-9-19-30;25-22-12-6-4-10-19(22)17-14-15-21-20-11-5-7-13-23(20)26(24(21)16-17)18-8-2-1-3-9-18;1-3-7-12(8-4-1)11-13-9-5-2-6-10-13/h1-26H;1-5,7-16H;1-10H,11H2/q;+1;. The van der Waals surface area contributed by atoms with Crippen molar-refractivity contribution in [1.29, 1.82) is 0 Å². The van der Waals surface area contributed by atoms with Crippen molar-refractivity contribution in [2.24, 2.45) is 0 Å². The second kappa shape index (κ2) is 22.5. The Labute approximate surface area is 459 Å². The lowest BCUT2D eigenvalue weighted by Gasteiger charge is -2.27. The molecule has 0 radical (unpaired) electrons. The minimum atomic E-state index is 1.03. The van der Waals surface area contributed by atoms with E-state index in [2.05, 4.69) is 333 Å². The first-order valence-corrected chi connectivity index (χ1v) is 26.9. The van der Waals surface area contributed by atoms with Gasteiger partial charge in [0.1, 0.15) is 22.2 Å². The van der Waals surface area contributed by atoms with Gasteiger partial charge in [0.05, 0.1) is 33.8 Å². The number of hydrogen-bond acceptors (Lipinski definition) is 1. The lowest BCUT2D eigenvalue weighted by atomic mass is 10.00. The molecule has 0 bridgehead atoms. The summed E-state index contributed by atoms with van der Waals surface area (Å²) < 4.78 is 5.78. The minimum absolute atomic E-state index is 1.03. The highest BCUT2D eigenvalue weighted by Gasteiger charge is 2.20. The van der Waals surface area contributed by atoms with E-state index in [0.29, 0.717) is 0 Å². The third-order valence-electron chi connectivity index (χ3n) is 14.1. The SMILES string of the molecule is BrC1=C(c2ccc3c4ccccc4n(-c4ccccc4)c3c2)C=C[C+]=C1.c1ccc(Cc2ccccc2)cc1.c1ccc(N(c2ccccc2)c2ccccc2-c2ccc3c4ccccc4n(-c4ccccc4)c3c2)cc1. The van der Waals surface area contributed by atoms with Crippen LogP contribution in [-0.2, 0) is 6.42 Å². The molecule has 14 rings (SSSR count). The van der Waals surface area contributed by atoms with Crippen molar-refractivity contribution < 1.29 is 0 Å². The number of rotatable bonds is 9. The lowest BCUT2D eigenvalue weighted by Crippen LogP contribution is -2.10. The Kier molecular flexibility index (Phi) is 14.1. The third-order valence-corrected chi connectivity index (χ3v) is 14.7. The number of benzene rings is 11. The molecule has 11 aromatic carbocycles. The van der Waals surface area contributed by atoms with Crippen molar-refractivity contribution in [1.82, 2.24) is 9.13 Å². The van der Waals surface area contributed by atoms with Gasteiger partial charge in [0, 0.05) is 77.4 Å². The van der Waals surface area contributed by atoms with Crippen molar-refractivity contribution in [3.63, 3.8) is 0 Å². The third kappa shape index (κ3) is 10.2. The number of nitrogens with zero attached hydrogens (tertiary/aromatic N) is 3. The number of hydrogen-bond donors (Lipinski definition) is 0. The first-order valence-electron chi connectivity index (χ1n) is 26.1. The Hall–Kier alpha value is -9.57. The summed E-state index contributed by atoms with van der Waals surface area (Å²) in [6.45, 7) is 0. The fraction of sp³-hybridized carbons (Fsp3) is 0.0137. The van der Waals surface area contributed by atoms with E-state index >= 15 is 0 Å². The summed E-state index contributed by atoms with van der Waals surface area (Å²) in [5.74, 6) is 0. The van der Waals surface area contributed by atoms with Crippen LogP contribution in [-0.4, -0.2) is 9.13 Å². The summed E-state index contributed by atoms with van der Waals surface area (Å²) >= 11 is 3.66. The van der Waals surface area contributed by atoms with E-state index in [1.807, 2.05) is 12.2 Å². The van der Waals surface area contributed by atoms with E-state index in [4.69, 9.17) is 0 Å². The highest BCUT2D eigenvalue weighted by Crippen LogP contribution is 2.43. The van der Waals surface area contributed by atoms with Crippen LogP contribution in [0, 0.1) is 6.08 Å². The monoisotopic (exact) mass is 1050 g/mol. The van der Waals surface area contributed by atoms with Gasteiger partial charge in [-0.15, -0.1) is 0 Å². The molecule has 0 spiro atoms. The molecule has 1 aliphatic rings. The van der Waals surface area contributed by atoms with E-state index in [9.17, 15) is 0 Å². The van der Waals surface area contributed by atoms with E-state index < -0.39 is 0 Å². The molecule has 366 valence electrons. The van der Waals surface area contributed by atoms with Gasteiger partial charge in [-0.3, -0.25) is 0 Å². The fourth-order valence-corrected chi connectivity index (χ4v) is 11.0. The second-order valence-corrected chi connectivity index (χ2v) is 19.8. The number of aromatic nitrogens is 2. The maximum Gasteiger partial charge on any atom is 0.137 e. The lowest BCUT2D eigenvalue weighted by molar-refractivity contribution is 1.18. The Morgan fingerprint density at radius 2 is 0.766 bits per heavy atom. The average molecular weight is 1050 g/mol. The average Bonchev–Trinajstić information content (AvgIpc) is 4.16. The molecule has 77 heavy (non-hydrogen) atoms. The molecule has 3 nitrogen and oxygen atoms in total. The largest absolute Gasteiger partial charge is 0.310 e. The molecule has 0 atom stereocenters. The Morgan fingerprint density at radius 3 is 1.27 bits per heavy atom. The van der Waals surface area contributed by atoms with Crippen molar-refractivity contribution in [2.75, 3.05) is 4.90 Å². The van der Waals surface area contributed by atoms with Crippen LogP contribution in [0.1, 0.15) is 16.7 Å². The molecule has 0 N–H and O–H groups in total. The van der Waals surface area contributed by atoms with Crippen LogP contribution in [0.4, 0.5) is 17.1 Å². The number of para-hydroxylation sites is 7. The predicted molar refractivity (Wildman–Crippen MR) is 330 cm³/mol. The van der Waals surface area contributed by atoms with E-state index in [1.54, 1.807) is 0 Å². The van der Waals surface area contributed by atoms with Crippen LogP contribution in [0.5, 0.6) is 0 Å². The zero-order valence-corrected chi connectivity index (χ0v) is 44.0. The molecule has 0 amide bonds. The van der Waals surface area contributed by atoms with Gasteiger partial charge in [-0.05, 0) is 102 Å². The molecule has 0 saturated heterocycles. The Balaban J connectivity index is 0.000000131. The molecule has 4 heteroatoms. The van der Waals surface area contributed by atoms with Gasteiger partial charge >= 0.3 is 0 Å². The predicted octanol–water partition coefficient (Wildman–Crippen LogP) is 20.0. The van der Waals surface area contributed by atoms with Gasteiger partial charge in [0.25, 0.3) is 0 Å². The zero-order chi connectivity index (χ0) is 51.8. The Bertz CT molecular complexity index is 4140. The normalized spacial score (nSPS) is 11.8. The fourth-order valence-electron chi connectivity index (χ4n) is 10.6. The molecule has 2 heterocycles. The van der Waals surface area contributed by atoms with Crippen LogP contribution in [0.15, 0.2) is 314 Å². The highest BCUT2D eigenvalue weighted by molar-refractivity contribution is 9.12. The number of allylic oxidation sites excluding steroid dienone is 6. The van der Waals surface area contributed by atoms with Gasteiger partial charge in [-0.2, -0.15) is 0 Å².